The Bertz CT molecular complexity index is 171. The van der Waals surface area contributed by atoms with Gasteiger partial charge in [0.15, 0.2) is 0 Å². The van der Waals surface area contributed by atoms with Gasteiger partial charge in [0.25, 0.3) is 0 Å². The molecule has 16 heavy (non-hydrogen) atoms. The fraction of sp³-hybridized carbons (Fsp3) is 1.00. The summed E-state index contributed by atoms with van der Waals surface area (Å²) in [4.78, 5) is 0. The van der Waals surface area contributed by atoms with E-state index in [9.17, 15) is 0 Å². The SMILES string of the molecule is COCCOCCNCC1(OC)CCOC1. The third-order valence-corrected chi connectivity index (χ3v) is 2.80. The van der Waals surface area contributed by atoms with Crippen LogP contribution in [0.4, 0.5) is 0 Å². The molecule has 1 aliphatic rings. The first kappa shape index (κ1) is 13.9. The van der Waals surface area contributed by atoms with Crippen LogP contribution in [-0.2, 0) is 18.9 Å². The van der Waals surface area contributed by atoms with Gasteiger partial charge in [-0.05, 0) is 0 Å². The van der Waals surface area contributed by atoms with Gasteiger partial charge in [0.2, 0.25) is 0 Å². The number of ether oxygens (including phenoxy) is 4. The number of rotatable bonds is 9. The number of hydrogen-bond acceptors (Lipinski definition) is 5. The summed E-state index contributed by atoms with van der Waals surface area (Å²) < 4.78 is 21.1. The van der Waals surface area contributed by atoms with Gasteiger partial charge in [0.1, 0.15) is 5.60 Å². The second kappa shape index (κ2) is 7.97. The van der Waals surface area contributed by atoms with Crippen LogP contribution in [0, 0.1) is 0 Å². The Kier molecular flexibility index (Phi) is 6.91. The predicted octanol–water partition coefficient (Wildman–Crippen LogP) is 0.0445. The van der Waals surface area contributed by atoms with Gasteiger partial charge in [-0.3, -0.25) is 0 Å². The van der Waals surface area contributed by atoms with Crippen molar-refractivity contribution in [2.24, 2.45) is 0 Å². The molecule has 0 radical (unpaired) electrons. The maximum Gasteiger partial charge on any atom is 0.106 e. The summed E-state index contributed by atoms with van der Waals surface area (Å²) in [5.41, 5.74) is -0.132. The summed E-state index contributed by atoms with van der Waals surface area (Å²) in [6, 6.07) is 0. The van der Waals surface area contributed by atoms with Crippen molar-refractivity contribution in [3.8, 4) is 0 Å². The zero-order valence-corrected chi connectivity index (χ0v) is 10.3. The van der Waals surface area contributed by atoms with Crippen LogP contribution in [0.25, 0.3) is 0 Å². The van der Waals surface area contributed by atoms with Crippen molar-refractivity contribution < 1.29 is 18.9 Å². The average Bonchev–Trinajstić information content (AvgIpc) is 2.77. The largest absolute Gasteiger partial charge is 0.382 e. The molecule has 0 aliphatic carbocycles. The van der Waals surface area contributed by atoms with Crippen molar-refractivity contribution in [2.45, 2.75) is 12.0 Å². The third kappa shape index (κ3) is 4.76. The highest BCUT2D eigenvalue weighted by molar-refractivity contribution is 4.86. The van der Waals surface area contributed by atoms with Crippen molar-refractivity contribution in [2.75, 3.05) is 60.3 Å². The Morgan fingerprint density at radius 1 is 1.25 bits per heavy atom. The van der Waals surface area contributed by atoms with Crippen LogP contribution in [0.2, 0.25) is 0 Å². The second-order valence-electron chi connectivity index (χ2n) is 3.97. The molecule has 96 valence electrons. The fourth-order valence-corrected chi connectivity index (χ4v) is 1.67. The molecular formula is C11H23NO4. The molecule has 1 saturated heterocycles. The lowest BCUT2D eigenvalue weighted by atomic mass is 10.0. The maximum absolute atomic E-state index is 5.50. The van der Waals surface area contributed by atoms with E-state index in [0.717, 1.165) is 26.1 Å². The topological polar surface area (TPSA) is 49.0 Å². The van der Waals surface area contributed by atoms with Gasteiger partial charge in [-0.2, -0.15) is 0 Å². The monoisotopic (exact) mass is 233 g/mol. The van der Waals surface area contributed by atoms with Crippen LogP contribution in [0.15, 0.2) is 0 Å². The minimum Gasteiger partial charge on any atom is -0.382 e. The molecule has 1 N–H and O–H groups in total. The van der Waals surface area contributed by atoms with Gasteiger partial charge in [-0.15, -0.1) is 0 Å². The number of methoxy groups -OCH3 is 2. The van der Waals surface area contributed by atoms with E-state index >= 15 is 0 Å². The molecular weight excluding hydrogens is 210 g/mol. The highest BCUT2D eigenvalue weighted by atomic mass is 16.5. The Labute approximate surface area is 97.4 Å². The Hall–Kier alpha value is -0.200. The van der Waals surface area contributed by atoms with Crippen molar-refractivity contribution in [1.29, 1.82) is 0 Å². The molecule has 1 heterocycles. The van der Waals surface area contributed by atoms with Gasteiger partial charge in [0, 0.05) is 40.3 Å². The number of nitrogens with one attached hydrogen (secondary N) is 1. The lowest BCUT2D eigenvalue weighted by Gasteiger charge is -2.25. The summed E-state index contributed by atoms with van der Waals surface area (Å²) in [6.45, 7) is 5.11. The van der Waals surface area contributed by atoms with E-state index in [4.69, 9.17) is 18.9 Å². The Balaban J connectivity index is 1.97. The van der Waals surface area contributed by atoms with E-state index < -0.39 is 0 Å². The maximum atomic E-state index is 5.50. The smallest absolute Gasteiger partial charge is 0.106 e. The summed E-state index contributed by atoms with van der Waals surface area (Å²) in [6.07, 6.45) is 0.959. The van der Waals surface area contributed by atoms with Crippen LogP contribution in [-0.4, -0.2) is 65.9 Å². The minimum absolute atomic E-state index is 0.132. The van der Waals surface area contributed by atoms with Gasteiger partial charge < -0.3 is 24.3 Å². The van der Waals surface area contributed by atoms with E-state index in [1.165, 1.54) is 0 Å². The van der Waals surface area contributed by atoms with Crippen molar-refractivity contribution >= 4 is 0 Å². The first-order valence-corrected chi connectivity index (χ1v) is 5.73. The zero-order chi connectivity index (χ0) is 11.7. The van der Waals surface area contributed by atoms with Crippen molar-refractivity contribution in [1.82, 2.24) is 5.32 Å². The molecule has 0 aromatic carbocycles. The van der Waals surface area contributed by atoms with E-state index in [1.54, 1.807) is 14.2 Å². The molecule has 0 aromatic rings. The first-order valence-electron chi connectivity index (χ1n) is 5.73. The molecule has 1 atom stereocenters. The summed E-state index contributed by atoms with van der Waals surface area (Å²) in [5.74, 6) is 0. The zero-order valence-electron chi connectivity index (χ0n) is 10.3. The van der Waals surface area contributed by atoms with Crippen LogP contribution in [0.5, 0.6) is 0 Å². The van der Waals surface area contributed by atoms with E-state index in [0.29, 0.717) is 26.4 Å². The summed E-state index contributed by atoms with van der Waals surface area (Å²) in [5, 5.41) is 3.33. The highest BCUT2D eigenvalue weighted by Crippen LogP contribution is 2.21. The van der Waals surface area contributed by atoms with Gasteiger partial charge in [-0.1, -0.05) is 0 Å². The van der Waals surface area contributed by atoms with Crippen LogP contribution < -0.4 is 5.32 Å². The van der Waals surface area contributed by atoms with Crippen LogP contribution in [0.3, 0.4) is 0 Å². The lowest BCUT2D eigenvalue weighted by Crippen LogP contribution is -2.43. The molecule has 1 aliphatic heterocycles. The molecule has 0 bridgehead atoms. The highest BCUT2D eigenvalue weighted by Gasteiger charge is 2.34. The molecule has 1 rings (SSSR count). The molecule has 0 spiro atoms. The van der Waals surface area contributed by atoms with E-state index in [2.05, 4.69) is 5.32 Å². The van der Waals surface area contributed by atoms with Crippen LogP contribution in [0.1, 0.15) is 6.42 Å². The molecule has 0 aromatic heterocycles. The Morgan fingerprint density at radius 2 is 2.12 bits per heavy atom. The van der Waals surface area contributed by atoms with Crippen molar-refractivity contribution in [3.05, 3.63) is 0 Å². The molecule has 1 fully saturated rings. The molecule has 5 nitrogen and oxygen atoms in total. The van der Waals surface area contributed by atoms with Gasteiger partial charge >= 0.3 is 0 Å². The van der Waals surface area contributed by atoms with Gasteiger partial charge in [0.05, 0.1) is 26.4 Å². The van der Waals surface area contributed by atoms with E-state index in [-0.39, 0.29) is 5.60 Å². The average molecular weight is 233 g/mol. The number of hydrogen-bond donors (Lipinski definition) is 1. The normalized spacial score (nSPS) is 25.1. The Morgan fingerprint density at radius 3 is 2.75 bits per heavy atom. The summed E-state index contributed by atoms with van der Waals surface area (Å²) in [7, 11) is 3.41. The van der Waals surface area contributed by atoms with Crippen molar-refractivity contribution in [3.63, 3.8) is 0 Å². The minimum atomic E-state index is -0.132. The summed E-state index contributed by atoms with van der Waals surface area (Å²) >= 11 is 0. The fourth-order valence-electron chi connectivity index (χ4n) is 1.67. The molecule has 0 amide bonds. The molecule has 0 saturated carbocycles. The molecule has 1 unspecified atom stereocenters. The standard InChI is InChI=1S/C11H23NO4/c1-13-7-8-15-6-4-12-9-11(14-2)3-5-16-10-11/h12H,3-10H2,1-2H3. The lowest BCUT2D eigenvalue weighted by molar-refractivity contribution is -0.0170. The third-order valence-electron chi connectivity index (χ3n) is 2.80. The first-order chi connectivity index (χ1) is 7.83. The van der Waals surface area contributed by atoms with Gasteiger partial charge in [-0.25, -0.2) is 0 Å². The quantitative estimate of drug-likeness (QED) is 0.570. The van der Waals surface area contributed by atoms with Crippen LogP contribution >= 0.6 is 0 Å². The second-order valence-corrected chi connectivity index (χ2v) is 3.97. The van der Waals surface area contributed by atoms with E-state index in [1.807, 2.05) is 0 Å². The predicted molar refractivity (Wildman–Crippen MR) is 60.7 cm³/mol. The molecule has 5 heteroatoms.